The summed E-state index contributed by atoms with van der Waals surface area (Å²) in [6, 6.07) is 76.1. The first-order valence-electron chi connectivity index (χ1n) is 22.1. The van der Waals surface area contributed by atoms with Crippen LogP contribution in [-0.2, 0) is 0 Å². The lowest BCUT2D eigenvalue weighted by molar-refractivity contribution is 0.669. The normalized spacial score (nSPS) is 12.0. The van der Waals surface area contributed by atoms with Crippen molar-refractivity contribution in [3.05, 3.63) is 212 Å². The van der Waals surface area contributed by atoms with Gasteiger partial charge >= 0.3 is 0 Å². The van der Waals surface area contributed by atoms with Crippen molar-refractivity contribution in [3.63, 3.8) is 0 Å². The van der Waals surface area contributed by atoms with Crippen molar-refractivity contribution in [1.29, 1.82) is 0 Å². The van der Waals surface area contributed by atoms with Crippen molar-refractivity contribution in [2.75, 3.05) is 0 Å². The summed E-state index contributed by atoms with van der Waals surface area (Å²) >= 11 is 0. The molecule has 0 bridgehead atoms. The zero-order valence-corrected chi connectivity index (χ0v) is 35.0. The Labute approximate surface area is 373 Å². The Hall–Kier alpha value is -8.73. The lowest BCUT2D eigenvalue weighted by Gasteiger charge is -2.18. The lowest BCUT2D eigenvalue weighted by atomic mass is 9.85. The Kier molecular flexibility index (Phi) is 7.65. The molecule has 0 saturated heterocycles. The molecule has 300 valence electrons. The van der Waals surface area contributed by atoms with Gasteiger partial charge in [0, 0.05) is 27.5 Å². The van der Waals surface area contributed by atoms with Crippen LogP contribution in [0.25, 0.3) is 143 Å². The third kappa shape index (κ3) is 5.47. The van der Waals surface area contributed by atoms with Crippen LogP contribution in [0.15, 0.2) is 217 Å². The number of fused-ring (bicyclic) bond motifs is 5. The summed E-state index contributed by atoms with van der Waals surface area (Å²) in [5.74, 6) is 1.81. The van der Waals surface area contributed by atoms with Gasteiger partial charge < -0.3 is 4.42 Å². The van der Waals surface area contributed by atoms with Crippen LogP contribution >= 0.6 is 0 Å². The molecular weight excluding hydrogens is 791 g/mol. The van der Waals surface area contributed by atoms with Crippen LogP contribution in [0.1, 0.15) is 0 Å². The van der Waals surface area contributed by atoms with Crippen molar-refractivity contribution in [1.82, 2.24) is 15.0 Å². The summed E-state index contributed by atoms with van der Waals surface area (Å²) in [4.78, 5) is 15.5. The molecule has 4 nitrogen and oxygen atoms in total. The van der Waals surface area contributed by atoms with Crippen molar-refractivity contribution in [3.8, 4) is 56.4 Å². The van der Waals surface area contributed by atoms with Gasteiger partial charge in [-0.2, -0.15) is 0 Å². The van der Waals surface area contributed by atoms with E-state index in [9.17, 15) is 0 Å². The third-order valence-electron chi connectivity index (χ3n) is 13.4. The summed E-state index contributed by atoms with van der Waals surface area (Å²) in [6.45, 7) is 0. The van der Waals surface area contributed by atoms with E-state index in [-0.39, 0.29) is 0 Å². The maximum absolute atomic E-state index is 6.30. The molecule has 0 aliphatic heterocycles. The molecule has 0 spiro atoms. The number of hydrogen-bond acceptors (Lipinski definition) is 4. The van der Waals surface area contributed by atoms with E-state index in [1.807, 2.05) is 60.7 Å². The zero-order chi connectivity index (χ0) is 42.6. The van der Waals surface area contributed by atoms with Crippen molar-refractivity contribution >= 4 is 86.6 Å². The highest BCUT2D eigenvalue weighted by atomic mass is 16.3. The molecule has 0 N–H and O–H groups in total. The molecule has 0 saturated carbocycles. The standard InChI is InChI=1S/C61H35N3O/c1-2-13-39(14-3-1)59-62-60(64-61(63-59)50-26-12-28-53-58(50)49-22-6-7-27-52(49)65-53)42-19-8-18-40(33-42)44-20-4-5-21-45(44)43-34-41-32-31-38-16-10-24-47-46-23-9-15-36-29-30-37-17-11-25-48(56(37)54(36)46)51(35-43)57(41)55(38)47/h1-35H. The molecule has 14 aromatic rings. The number of furan rings is 1. The molecule has 0 amide bonds. The number of rotatable bonds is 5. The van der Waals surface area contributed by atoms with Crippen LogP contribution in [0.4, 0.5) is 0 Å². The monoisotopic (exact) mass is 825 g/mol. The van der Waals surface area contributed by atoms with Gasteiger partial charge in [-0.05, 0) is 117 Å². The molecule has 0 unspecified atom stereocenters. The van der Waals surface area contributed by atoms with Gasteiger partial charge in [-0.15, -0.1) is 0 Å². The van der Waals surface area contributed by atoms with E-state index in [0.29, 0.717) is 17.5 Å². The molecule has 2 aromatic heterocycles. The fourth-order valence-electron chi connectivity index (χ4n) is 10.6. The van der Waals surface area contributed by atoms with Gasteiger partial charge in [0.05, 0.1) is 0 Å². The van der Waals surface area contributed by atoms with Crippen molar-refractivity contribution < 1.29 is 4.42 Å². The van der Waals surface area contributed by atoms with Gasteiger partial charge in [-0.3, -0.25) is 0 Å². The van der Waals surface area contributed by atoms with Crippen molar-refractivity contribution in [2.45, 2.75) is 0 Å². The Morgan fingerprint density at radius 3 is 1.45 bits per heavy atom. The highest BCUT2D eigenvalue weighted by Crippen LogP contribution is 2.46. The zero-order valence-electron chi connectivity index (χ0n) is 35.0. The van der Waals surface area contributed by atoms with E-state index < -0.39 is 0 Å². The second-order valence-corrected chi connectivity index (χ2v) is 17.0. The van der Waals surface area contributed by atoms with Crippen LogP contribution in [0.3, 0.4) is 0 Å². The molecule has 2 heterocycles. The van der Waals surface area contributed by atoms with E-state index in [2.05, 4.69) is 152 Å². The maximum Gasteiger partial charge on any atom is 0.164 e. The molecule has 0 aliphatic carbocycles. The highest BCUT2D eigenvalue weighted by molar-refractivity contribution is 6.37. The minimum absolute atomic E-state index is 0.595. The molecule has 0 fully saturated rings. The summed E-state index contributed by atoms with van der Waals surface area (Å²) < 4.78 is 6.30. The van der Waals surface area contributed by atoms with E-state index >= 15 is 0 Å². The second kappa shape index (κ2) is 13.9. The minimum Gasteiger partial charge on any atom is -0.456 e. The number of para-hydroxylation sites is 1. The number of nitrogens with zero attached hydrogens (tertiary/aromatic N) is 3. The summed E-state index contributed by atoms with van der Waals surface area (Å²) in [6.07, 6.45) is 0. The largest absolute Gasteiger partial charge is 0.456 e. The maximum atomic E-state index is 6.30. The first kappa shape index (κ1) is 35.8. The number of benzene rings is 11. The average molecular weight is 826 g/mol. The summed E-state index contributed by atoms with van der Waals surface area (Å²) in [5, 5.41) is 17.3. The molecule has 12 aromatic carbocycles. The van der Waals surface area contributed by atoms with E-state index in [0.717, 1.165) is 60.9 Å². The number of hydrogen-bond donors (Lipinski definition) is 0. The molecule has 0 aliphatic rings. The molecule has 65 heavy (non-hydrogen) atoms. The van der Waals surface area contributed by atoms with Crippen molar-refractivity contribution in [2.24, 2.45) is 0 Å². The molecule has 0 radical (unpaired) electrons. The fourth-order valence-corrected chi connectivity index (χ4v) is 10.6. The quantitative estimate of drug-likeness (QED) is 0.162. The summed E-state index contributed by atoms with van der Waals surface area (Å²) in [5.41, 5.74) is 8.88. The van der Waals surface area contributed by atoms with Gasteiger partial charge in [-0.1, -0.05) is 182 Å². The second-order valence-electron chi connectivity index (χ2n) is 17.0. The van der Waals surface area contributed by atoms with Gasteiger partial charge in [0.2, 0.25) is 0 Å². The van der Waals surface area contributed by atoms with E-state index in [4.69, 9.17) is 19.4 Å². The summed E-state index contributed by atoms with van der Waals surface area (Å²) in [7, 11) is 0. The van der Waals surface area contributed by atoms with E-state index in [1.165, 1.54) is 64.6 Å². The first-order valence-corrected chi connectivity index (χ1v) is 22.1. The number of aromatic nitrogens is 3. The molecule has 14 rings (SSSR count). The minimum atomic E-state index is 0.595. The van der Waals surface area contributed by atoms with Crippen LogP contribution < -0.4 is 0 Å². The molecule has 4 heteroatoms. The predicted molar refractivity (Wildman–Crippen MR) is 271 cm³/mol. The Bertz CT molecular complexity index is 4240. The Morgan fingerprint density at radius 1 is 0.246 bits per heavy atom. The topological polar surface area (TPSA) is 51.8 Å². The average Bonchev–Trinajstić information content (AvgIpc) is 3.76. The van der Waals surface area contributed by atoms with Crippen LogP contribution in [0.5, 0.6) is 0 Å². The van der Waals surface area contributed by atoms with Gasteiger partial charge in [0.25, 0.3) is 0 Å². The van der Waals surface area contributed by atoms with Gasteiger partial charge in [-0.25, -0.2) is 15.0 Å². The smallest absolute Gasteiger partial charge is 0.164 e. The molecule has 0 atom stereocenters. The first-order chi connectivity index (χ1) is 32.2. The van der Waals surface area contributed by atoms with Crippen LogP contribution in [0.2, 0.25) is 0 Å². The van der Waals surface area contributed by atoms with Crippen LogP contribution in [0, 0.1) is 0 Å². The van der Waals surface area contributed by atoms with E-state index in [1.54, 1.807) is 0 Å². The van der Waals surface area contributed by atoms with Gasteiger partial charge in [0.1, 0.15) is 11.2 Å². The van der Waals surface area contributed by atoms with Crippen LogP contribution in [-0.4, -0.2) is 15.0 Å². The predicted octanol–water partition coefficient (Wildman–Crippen LogP) is 16.5. The third-order valence-corrected chi connectivity index (χ3v) is 13.4. The Morgan fingerprint density at radius 2 is 0.723 bits per heavy atom. The SMILES string of the molecule is c1ccc(-c2nc(-c3cccc(-c4ccccc4-c4cc5ccc6cccc7c8cccc9ccc%10cccc(c(c4)c5c67)c%10c98)c3)nc(-c3cccc4oc5ccccc5c34)n2)cc1. The lowest BCUT2D eigenvalue weighted by Crippen LogP contribution is -2.00. The molecular formula is C61H35N3O. The Balaban J connectivity index is 0.986. The fraction of sp³-hybridized carbons (Fsp3) is 0. The van der Waals surface area contributed by atoms with Gasteiger partial charge in [0.15, 0.2) is 17.5 Å². The highest BCUT2D eigenvalue weighted by Gasteiger charge is 2.20.